The van der Waals surface area contributed by atoms with Crippen LogP contribution in [0.5, 0.6) is 0 Å². The van der Waals surface area contributed by atoms with Crippen LogP contribution in [0.4, 0.5) is 0 Å². The van der Waals surface area contributed by atoms with E-state index in [1.54, 1.807) is 11.8 Å². The molecule has 2 heteroatoms. The highest BCUT2D eigenvalue weighted by atomic mass is 32.2. The Morgan fingerprint density at radius 2 is 2.12 bits per heavy atom. The van der Waals surface area contributed by atoms with Crippen molar-refractivity contribution >= 4 is 16.8 Å². The fourth-order valence-electron chi connectivity index (χ4n) is 0.497. The summed E-state index contributed by atoms with van der Waals surface area (Å²) in [5, 5.41) is 1.26. The summed E-state index contributed by atoms with van der Waals surface area (Å²) in [5.41, 5.74) is 0. The molecular weight excluding hydrogens is 118 g/mol. The van der Waals surface area contributed by atoms with Crippen molar-refractivity contribution < 1.29 is 0 Å². The van der Waals surface area contributed by atoms with Crippen molar-refractivity contribution in [2.45, 2.75) is 20.3 Å². The Bertz CT molecular complexity index is 72.6. The van der Waals surface area contributed by atoms with Crippen molar-refractivity contribution in [1.82, 2.24) is 0 Å². The Balaban J connectivity index is 3.49. The number of rotatable bonds is 2. The lowest BCUT2D eigenvalue weighted by Crippen LogP contribution is -1.87. The van der Waals surface area contributed by atoms with Gasteiger partial charge in [0.25, 0.3) is 0 Å². The molecule has 1 nitrogen and oxygen atoms in total. The van der Waals surface area contributed by atoms with Crippen molar-refractivity contribution in [1.29, 1.82) is 0 Å². The molecule has 0 aliphatic rings. The summed E-state index contributed by atoms with van der Waals surface area (Å²) in [7, 11) is 0. The summed E-state index contributed by atoms with van der Waals surface area (Å²) in [6.07, 6.45) is 3.15. The van der Waals surface area contributed by atoms with Gasteiger partial charge in [0.2, 0.25) is 0 Å². The maximum Gasteiger partial charge on any atom is 0.0670 e. The van der Waals surface area contributed by atoms with Crippen molar-refractivity contribution in [2.24, 2.45) is 4.99 Å². The third-order valence-corrected chi connectivity index (χ3v) is 1.76. The first-order valence-corrected chi connectivity index (χ1v) is 4.14. The molecule has 0 aliphatic heterocycles. The molecule has 0 amide bonds. The summed E-state index contributed by atoms with van der Waals surface area (Å²) in [4.78, 5) is 4.24. The number of hydrogen-bond acceptors (Lipinski definition) is 2. The number of aliphatic imine (C=N–C) groups is 1. The van der Waals surface area contributed by atoms with Gasteiger partial charge in [0.1, 0.15) is 0 Å². The molecule has 0 fully saturated rings. The summed E-state index contributed by atoms with van der Waals surface area (Å²) >= 11 is 1.74. The normalized spacial score (nSPS) is 12.1. The van der Waals surface area contributed by atoms with Gasteiger partial charge in [0.15, 0.2) is 0 Å². The van der Waals surface area contributed by atoms with Crippen LogP contribution in [-0.4, -0.2) is 17.8 Å². The molecule has 0 heterocycles. The molecule has 0 aromatic heterocycles. The van der Waals surface area contributed by atoms with E-state index in [1.165, 1.54) is 5.04 Å². The molecule has 0 unspecified atom stereocenters. The van der Waals surface area contributed by atoms with E-state index >= 15 is 0 Å². The summed E-state index contributed by atoms with van der Waals surface area (Å²) < 4.78 is 0. The second-order valence-electron chi connectivity index (χ2n) is 1.43. The Morgan fingerprint density at radius 1 is 1.50 bits per heavy atom. The SMILES string of the molecule is CCN=C(CC)SC. The fourth-order valence-corrected chi connectivity index (χ4v) is 1.04. The lowest BCUT2D eigenvalue weighted by atomic mass is 10.5. The molecule has 0 aromatic rings. The molecule has 0 aliphatic carbocycles. The molecule has 48 valence electrons. The largest absolute Gasteiger partial charge is 0.283 e. The quantitative estimate of drug-likeness (QED) is 0.413. The van der Waals surface area contributed by atoms with E-state index in [1.807, 2.05) is 0 Å². The Hall–Kier alpha value is 0.0200. The van der Waals surface area contributed by atoms with Crippen molar-refractivity contribution in [2.75, 3.05) is 12.8 Å². The molecule has 0 rings (SSSR count). The van der Waals surface area contributed by atoms with E-state index in [-0.39, 0.29) is 0 Å². The van der Waals surface area contributed by atoms with E-state index in [2.05, 4.69) is 25.1 Å². The second-order valence-corrected chi connectivity index (χ2v) is 2.31. The molecule has 0 atom stereocenters. The summed E-state index contributed by atoms with van der Waals surface area (Å²) in [6.45, 7) is 5.11. The zero-order valence-corrected chi connectivity index (χ0v) is 6.59. The van der Waals surface area contributed by atoms with Crippen LogP contribution in [-0.2, 0) is 0 Å². The third-order valence-electron chi connectivity index (χ3n) is 0.873. The van der Waals surface area contributed by atoms with Crippen LogP contribution in [0.2, 0.25) is 0 Å². The predicted octanol–water partition coefficient (Wildman–Crippen LogP) is 2.18. The summed E-state index contributed by atoms with van der Waals surface area (Å²) in [5.74, 6) is 0. The van der Waals surface area contributed by atoms with Gasteiger partial charge in [-0.05, 0) is 19.6 Å². The lowest BCUT2D eigenvalue weighted by Gasteiger charge is -1.94. The molecule has 0 saturated heterocycles. The minimum atomic E-state index is 0.921. The average molecular weight is 131 g/mol. The van der Waals surface area contributed by atoms with Gasteiger partial charge in [-0.15, -0.1) is 11.8 Å². The highest BCUT2D eigenvalue weighted by molar-refractivity contribution is 8.13. The zero-order chi connectivity index (χ0) is 6.41. The number of nitrogens with zero attached hydrogens (tertiary/aromatic N) is 1. The first kappa shape index (κ1) is 8.02. The molecule has 0 N–H and O–H groups in total. The van der Waals surface area contributed by atoms with Crippen molar-refractivity contribution in [3.05, 3.63) is 0 Å². The van der Waals surface area contributed by atoms with Gasteiger partial charge in [-0.1, -0.05) is 6.92 Å². The third kappa shape index (κ3) is 3.08. The standard InChI is InChI=1S/C6H13NS/c1-4-6(8-3)7-5-2/h4-5H2,1-3H3. The van der Waals surface area contributed by atoms with Gasteiger partial charge in [0, 0.05) is 6.54 Å². The van der Waals surface area contributed by atoms with Gasteiger partial charge in [0.05, 0.1) is 5.04 Å². The molecular formula is C6H13NS. The van der Waals surface area contributed by atoms with Gasteiger partial charge < -0.3 is 0 Å². The predicted molar refractivity (Wildman–Crippen MR) is 41.8 cm³/mol. The topological polar surface area (TPSA) is 12.4 Å². The van der Waals surface area contributed by atoms with Crippen LogP contribution in [0, 0.1) is 0 Å². The first-order valence-electron chi connectivity index (χ1n) is 2.92. The first-order chi connectivity index (χ1) is 3.85. The van der Waals surface area contributed by atoms with Crippen molar-refractivity contribution in [3.8, 4) is 0 Å². The van der Waals surface area contributed by atoms with Gasteiger partial charge in [-0.25, -0.2) is 0 Å². The molecule has 8 heavy (non-hydrogen) atoms. The lowest BCUT2D eigenvalue weighted by molar-refractivity contribution is 1.12. The zero-order valence-electron chi connectivity index (χ0n) is 5.77. The highest BCUT2D eigenvalue weighted by Gasteiger charge is 1.87. The Labute approximate surface area is 55.6 Å². The van der Waals surface area contributed by atoms with Gasteiger partial charge in [-0.3, -0.25) is 4.99 Å². The van der Waals surface area contributed by atoms with Crippen LogP contribution in [0.15, 0.2) is 4.99 Å². The fraction of sp³-hybridized carbons (Fsp3) is 0.833. The molecule has 0 aromatic carbocycles. The molecule has 0 spiro atoms. The van der Waals surface area contributed by atoms with Gasteiger partial charge >= 0.3 is 0 Å². The second kappa shape index (κ2) is 5.16. The summed E-state index contributed by atoms with van der Waals surface area (Å²) in [6, 6.07) is 0. The monoisotopic (exact) mass is 131 g/mol. The van der Waals surface area contributed by atoms with Gasteiger partial charge in [-0.2, -0.15) is 0 Å². The van der Waals surface area contributed by atoms with E-state index in [9.17, 15) is 0 Å². The Kier molecular flexibility index (Phi) is 5.18. The van der Waals surface area contributed by atoms with Crippen LogP contribution >= 0.6 is 11.8 Å². The van der Waals surface area contributed by atoms with E-state index in [0.717, 1.165) is 13.0 Å². The highest BCUT2D eigenvalue weighted by Crippen LogP contribution is 2.01. The molecule has 0 saturated carbocycles. The van der Waals surface area contributed by atoms with E-state index in [0.29, 0.717) is 0 Å². The van der Waals surface area contributed by atoms with E-state index in [4.69, 9.17) is 0 Å². The van der Waals surface area contributed by atoms with Crippen LogP contribution in [0.1, 0.15) is 20.3 Å². The van der Waals surface area contributed by atoms with E-state index < -0.39 is 0 Å². The Morgan fingerprint density at radius 3 is 2.25 bits per heavy atom. The number of thioether (sulfide) groups is 1. The minimum absolute atomic E-state index is 0.921. The maximum atomic E-state index is 4.24. The average Bonchev–Trinajstić information content (AvgIpc) is 1.83. The molecule has 0 radical (unpaired) electrons. The smallest absolute Gasteiger partial charge is 0.0670 e. The minimum Gasteiger partial charge on any atom is -0.283 e. The molecule has 0 bridgehead atoms. The van der Waals surface area contributed by atoms with Crippen LogP contribution < -0.4 is 0 Å². The van der Waals surface area contributed by atoms with Crippen LogP contribution in [0.25, 0.3) is 0 Å². The number of hydrogen-bond donors (Lipinski definition) is 0. The van der Waals surface area contributed by atoms with Crippen LogP contribution in [0.3, 0.4) is 0 Å². The maximum absolute atomic E-state index is 4.24. The van der Waals surface area contributed by atoms with Crippen molar-refractivity contribution in [3.63, 3.8) is 0 Å².